The summed E-state index contributed by atoms with van der Waals surface area (Å²) in [6.07, 6.45) is 0. The maximum Gasteiger partial charge on any atom is 0.278 e. The molecule has 0 bridgehead atoms. The van der Waals surface area contributed by atoms with Crippen molar-refractivity contribution in [2.75, 3.05) is 5.32 Å². The van der Waals surface area contributed by atoms with Gasteiger partial charge in [0, 0.05) is 22.3 Å². The molecule has 2 aromatic carbocycles. The Balaban J connectivity index is 1.91. The van der Waals surface area contributed by atoms with Crippen LogP contribution in [0.2, 0.25) is 0 Å². The van der Waals surface area contributed by atoms with Gasteiger partial charge in [0.05, 0.1) is 16.3 Å². The number of nitro benzene ring substituents is 1. The van der Waals surface area contributed by atoms with Crippen LogP contribution in [0.25, 0.3) is 5.69 Å². The molecule has 0 aliphatic rings. The van der Waals surface area contributed by atoms with Gasteiger partial charge in [0.2, 0.25) is 0 Å². The number of hydrogen-bond acceptors (Lipinski definition) is 5. The number of halogens is 1. The van der Waals surface area contributed by atoms with E-state index in [1.807, 2.05) is 19.1 Å². The summed E-state index contributed by atoms with van der Waals surface area (Å²) in [6, 6.07) is 11.5. The topological polar surface area (TPSA) is 103 Å². The number of amides is 1. The average molecular weight is 416 g/mol. The van der Waals surface area contributed by atoms with Crippen LogP contribution in [0.5, 0.6) is 0 Å². The van der Waals surface area contributed by atoms with E-state index in [0.717, 1.165) is 10.0 Å². The minimum Gasteiger partial charge on any atom is -0.320 e. The Morgan fingerprint density at radius 1 is 1.23 bits per heavy atom. The molecule has 0 saturated heterocycles. The van der Waals surface area contributed by atoms with Gasteiger partial charge in [-0.25, -0.2) is 4.68 Å². The second-order valence-corrected chi connectivity index (χ2v) is 6.54. The first-order valence-electron chi connectivity index (χ1n) is 7.61. The van der Waals surface area contributed by atoms with E-state index in [4.69, 9.17) is 0 Å². The molecule has 1 heterocycles. The summed E-state index contributed by atoms with van der Waals surface area (Å²) in [6.45, 7) is 3.57. The molecule has 0 atom stereocenters. The lowest BCUT2D eigenvalue weighted by molar-refractivity contribution is -0.384. The molecule has 1 aromatic heterocycles. The highest BCUT2D eigenvalue weighted by molar-refractivity contribution is 9.10. The minimum absolute atomic E-state index is 0.0619. The predicted octanol–water partition coefficient (Wildman–Crippen LogP) is 3.81. The molecule has 8 nitrogen and oxygen atoms in total. The molecule has 1 N–H and O–H groups in total. The van der Waals surface area contributed by atoms with Gasteiger partial charge in [-0.15, -0.1) is 5.10 Å². The molecule has 0 unspecified atom stereocenters. The number of nitro groups is 1. The summed E-state index contributed by atoms with van der Waals surface area (Å²) in [7, 11) is 0. The molecule has 0 aliphatic carbocycles. The number of carbonyl (C=O) groups excluding carboxylic acids is 1. The number of non-ortho nitro benzene ring substituents is 1. The summed E-state index contributed by atoms with van der Waals surface area (Å²) in [5.41, 5.74) is 2.60. The van der Waals surface area contributed by atoms with Gasteiger partial charge in [-0.05, 0) is 37.6 Å². The van der Waals surface area contributed by atoms with Crippen molar-refractivity contribution in [1.29, 1.82) is 0 Å². The second-order valence-electron chi connectivity index (χ2n) is 5.63. The van der Waals surface area contributed by atoms with Crippen LogP contribution in [0.15, 0.2) is 46.9 Å². The lowest BCUT2D eigenvalue weighted by Crippen LogP contribution is -2.15. The summed E-state index contributed by atoms with van der Waals surface area (Å²) in [5, 5.41) is 21.6. The van der Waals surface area contributed by atoms with E-state index in [1.54, 1.807) is 25.1 Å². The van der Waals surface area contributed by atoms with E-state index in [9.17, 15) is 14.9 Å². The predicted molar refractivity (Wildman–Crippen MR) is 99.6 cm³/mol. The first-order chi connectivity index (χ1) is 12.4. The summed E-state index contributed by atoms with van der Waals surface area (Å²) in [4.78, 5) is 23.0. The highest BCUT2D eigenvalue weighted by atomic mass is 79.9. The Morgan fingerprint density at radius 3 is 2.73 bits per heavy atom. The van der Waals surface area contributed by atoms with Crippen LogP contribution >= 0.6 is 15.9 Å². The summed E-state index contributed by atoms with van der Waals surface area (Å²) >= 11 is 3.37. The second kappa shape index (κ2) is 7.04. The molecule has 9 heteroatoms. The van der Waals surface area contributed by atoms with Crippen molar-refractivity contribution in [3.63, 3.8) is 0 Å². The number of anilines is 1. The Labute approximate surface area is 157 Å². The smallest absolute Gasteiger partial charge is 0.278 e. The number of nitrogens with zero attached hydrogens (tertiary/aromatic N) is 4. The number of hydrogen-bond donors (Lipinski definition) is 1. The maximum atomic E-state index is 12.6. The van der Waals surface area contributed by atoms with Crippen molar-refractivity contribution in [3.05, 3.63) is 74.0 Å². The van der Waals surface area contributed by atoms with Crippen molar-refractivity contribution in [1.82, 2.24) is 15.0 Å². The molecule has 26 heavy (non-hydrogen) atoms. The highest BCUT2D eigenvalue weighted by Crippen LogP contribution is 2.22. The van der Waals surface area contributed by atoms with Crippen LogP contribution in [0.1, 0.15) is 21.7 Å². The molecule has 132 valence electrons. The molecule has 0 radical (unpaired) electrons. The summed E-state index contributed by atoms with van der Waals surface area (Å²) in [5.74, 6) is -0.402. The third kappa shape index (κ3) is 3.47. The largest absolute Gasteiger partial charge is 0.320 e. The van der Waals surface area contributed by atoms with Gasteiger partial charge in [0.1, 0.15) is 0 Å². The van der Waals surface area contributed by atoms with Crippen molar-refractivity contribution >= 4 is 33.2 Å². The van der Waals surface area contributed by atoms with Crippen LogP contribution in [0.4, 0.5) is 11.4 Å². The standard InChI is InChI=1S/C17H14BrN5O3/c1-10-6-7-12(18)8-15(10)19-17(24)16-11(2)22(21-20-16)13-4-3-5-14(9-13)23(25)26/h3-9H,1-2H3,(H,19,24). The maximum absolute atomic E-state index is 12.6. The number of aromatic nitrogens is 3. The van der Waals surface area contributed by atoms with Gasteiger partial charge in [-0.3, -0.25) is 14.9 Å². The first-order valence-corrected chi connectivity index (χ1v) is 8.41. The van der Waals surface area contributed by atoms with E-state index in [-0.39, 0.29) is 11.4 Å². The number of rotatable bonds is 4. The fourth-order valence-electron chi connectivity index (χ4n) is 2.43. The molecule has 1 amide bonds. The van der Waals surface area contributed by atoms with E-state index < -0.39 is 10.8 Å². The van der Waals surface area contributed by atoms with Crippen molar-refractivity contribution in [3.8, 4) is 5.69 Å². The molecular formula is C17H14BrN5O3. The SMILES string of the molecule is Cc1ccc(Br)cc1NC(=O)c1nnn(-c2cccc([N+](=O)[O-])c2)c1C. The Bertz CT molecular complexity index is 1020. The molecule has 0 aliphatic heterocycles. The normalized spacial score (nSPS) is 10.6. The van der Waals surface area contributed by atoms with Gasteiger partial charge in [0.15, 0.2) is 5.69 Å². The third-order valence-electron chi connectivity index (χ3n) is 3.84. The van der Waals surface area contributed by atoms with Crippen LogP contribution in [0.3, 0.4) is 0 Å². The van der Waals surface area contributed by atoms with Gasteiger partial charge in [0.25, 0.3) is 11.6 Å². The molecular weight excluding hydrogens is 402 g/mol. The van der Waals surface area contributed by atoms with E-state index in [1.165, 1.54) is 16.8 Å². The van der Waals surface area contributed by atoms with Crippen LogP contribution in [0, 0.1) is 24.0 Å². The fourth-order valence-corrected chi connectivity index (χ4v) is 2.79. The molecule has 0 fully saturated rings. The average Bonchev–Trinajstić information content (AvgIpc) is 3.00. The zero-order valence-corrected chi connectivity index (χ0v) is 15.5. The fraction of sp³-hybridized carbons (Fsp3) is 0.118. The minimum atomic E-state index is -0.487. The lowest BCUT2D eigenvalue weighted by Gasteiger charge is -2.08. The Morgan fingerprint density at radius 2 is 2.00 bits per heavy atom. The summed E-state index contributed by atoms with van der Waals surface area (Å²) < 4.78 is 2.24. The van der Waals surface area contributed by atoms with E-state index in [0.29, 0.717) is 17.1 Å². The molecule has 3 rings (SSSR count). The zero-order chi connectivity index (χ0) is 18.8. The van der Waals surface area contributed by atoms with E-state index >= 15 is 0 Å². The molecule has 3 aromatic rings. The van der Waals surface area contributed by atoms with Crippen molar-refractivity contribution in [2.24, 2.45) is 0 Å². The van der Waals surface area contributed by atoms with Crippen LogP contribution < -0.4 is 5.32 Å². The van der Waals surface area contributed by atoms with Crippen LogP contribution in [-0.4, -0.2) is 25.8 Å². The van der Waals surface area contributed by atoms with Gasteiger partial charge >= 0.3 is 0 Å². The lowest BCUT2D eigenvalue weighted by atomic mass is 10.2. The number of carbonyl (C=O) groups is 1. The first kappa shape index (κ1) is 17.7. The monoisotopic (exact) mass is 415 g/mol. The number of aryl methyl sites for hydroxylation is 1. The van der Waals surface area contributed by atoms with Gasteiger partial charge in [-0.1, -0.05) is 33.3 Å². The van der Waals surface area contributed by atoms with Gasteiger partial charge < -0.3 is 5.32 Å². The van der Waals surface area contributed by atoms with Crippen LogP contribution in [-0.2, 0) is 0 Å². The van der Waals surface area contributed by atoms with Crippen molar-refractivity contribution in [2.45, 2.75) is 13.8 Å². The Hall–Kier alpha value is -3.07. The quantitative estimate of drug-likeness (QED) is 0.515. The number of nitrogens with one attached hydrogen (secondary N) is 1. The molecule has 0 saturated carbocycles. The molecule has 0 spiro atoms. The zero-order valence-electron chi connectivity index (χ0n) is 13.9. The third-order valence-corrected chi connectivity index (χ3v) is 4.34. The number of benzene rings is 2. The Kier molecular flexibility index (Phi) is 4.81. The van der Waals surface area contributed by atoms with Crippen molar-refractivity contribution < 1.29 is 9.72 Å². The highest BCUT2D eigenvalue weighted by Gasteiger charge is 2.19. The van der Waals surface area contributed by atoms with E-state index in [2.05, 4.69) is 31.6 Å². The van der Waals surface area contributed by atoms with Gasteiger partial charge in [-0.2, -0.15) is 0 Å².